The second-order valence-electron chi connectivity index (χ2n) is 2.27. The third-order valence-corrected chi connectivity index (χ3v) is 1.29. The third kappa shape index (κ3) is 1.86. The zero-order valence-corrected chi connectivity index (χ0v) is 6.57. The number of carbonyl (C=O) groups is 1. The van der Waals surface area contributed by atoms with Crippen LogP contribution in [0.15, 0.2) is 17.0 Å². The highest BCUT2D eigenvalue weighted by atomic mass is 16.5. The highest BCUT2D eigenvalue weighted by Gasteiger charge is 2.08. The van der Waals surface area contributed by atoms with Crippen molar-refractivity contribution >= 4 is 5.91 Å². The summed E-state index contributed by atoms with van der Waals surface area (Å²) in [5.74, 6) is 2.10. The molecule has 12 heavy (non-hydrogen) atoms. The maximum atomic E-state index is 11.2. The molecule has 0 radical (unpaired) electrons. The number of amides is 1. The van der Waals surface area contributed by atoms with Crippen LogP contribution in [0.5, 0.6) is 0 Å². The number of carbonyl (C=O) groups excluding carboxylic acids is 1. The quantitative estimate of drug-likeness (QED) is 0.645. The normalized spacial score (nSPS) is 11.7. The van der Waals surface area contributed by atoms with Crippen LogP contribution in [-0.2, 0) is 0 Å². The standard InChI is InChI=1S/C8H8N2O2/c1-3-6(2)10-8(11)7-4-9-12-5-7/h1,4-6H,2H3,(H,10,11). The number of hydrogen-bond acceptors (Lipinski definition) is 3. The van der Waals surface area contributed by atoms with Gasteiger partial charge in [-0.15, -0.1) is 6.42 Å². The summed E-state index contributed by atoms with van der Waals surface area (Å²) in [4.78, 5) is 11.2. The minimum atomic E-state index is -0.285. The van der Waals surface area contributed by atoms with Gasteiger partial charge in [-0.05, 0) is 6.92 Å². The van der Waals surface area contributed by atoms with E-state index in [9.17, 15) is 4.79 Å². The van der Waals surface area contributed by atoms with Gasteiger partial charge in [0.15, 0.2) is 0 Å². The maximum Gasteiger partial charge on any atom is 0.257 e. The molecule has 4 nitrogen and oxygen atoms in total. The van der Waals surface area contributed by atoms with Crippen molar-refractivity contribution in [3.63, 3.8) is 0 Å². The molecule has 0 saturated heterocycles. The highest BCUT2D eigenvalue weighted by Crippen LogP contribution is 1.96. The first kappa shape index (κ1) is 8.34. The first-order chi connectivity index (χ1) is 5.74. The van der Waals surface area contributed by atoms with Crippen molar-refractivity contribution in [2.45, 2.75) is 13.0 Å². The minimum absolute atomic E-state index is 0.276. The van der Waals surface area contributed by atoms with Crippen molar-refractivity contribution in [1.29, 1.82) is 0 Å². The van der Waals surface area contributed by atoms with E-state index in [1.54, 1.807) is 6.92 Å². The lowest BCUT2D eigenvalue weighted by Crippen LogP contribution is -2.30. The molecule has 1 atom stereocenters. The smallest absolute Gasteiger partial charge is 0.257 e. The average Bonchev–Trinajstić information content (AvgIpc) is 2.56. The van der Waals surface area contributed by atoms with Crippen molar-refractivity contribution in [3.8, 4) is 12.3 Å². The number of nitrogens with one attached hydrogen (secondary N) is 1. The van der Waals surface area contributed by atoms with E-state index in [2.05, 4.69) is 20.9 Å². The first-order valence-corrected chi connectivity index (χ1v) is 3.40. The second-order valence-corrected chi connectivity index (χ2v) is 2.27. The summed E-state index contributed by atoms with van der Waals surface area (Å²) >= 11 is 0. The van der Waals surface area contributed by atoms with Gasteiger partial charge in [-0.3, -0.25) is 4.79 Å². The van der Waals surface area contributed by atoms with Crippen molar-refractivity contribution < 1.29 is 9.32 Å². The van der Waals surface area contributed by atoms with Crippen LogP contribution >= 0.6 is 0 Å². The lowest BCUT2D eigenvalue weighted by molar-refractivity contribution is 0.0947. The van der Waals surface area contributed by atoms with E-state index in [0.717, 1.165) is 0 Å². The second kappa shape index (κ2) is 3.58. The lowest BCUT2D eigenvalue weighted by Gasteiger charge is -2.04. The highest BCUT2D eigenvalue weighted by molar-refractivity contribution is 5.93. The fraction of sp³-hybridized carbons (Fsp3) is 0.250. The Kier molecular flexibility index (Phi) is 2.49. The molecule has 0 aliphatic rings. The summed E-state index contributed by atoms with van der Waals surface area (Å²) in [5.41, 5.74) is 0.372. The molecule has 1 amide bonds. The Balaban J connectivity index is 2.57. The van der Waals surface area contributed by atoms with Gasteiger partial charge < -0.3 is 9.84 Å². The molecule has 0 bridgehead atoms. The van der Waals surface area contributed by atoms with E-state index in [0.29, 0.717) is 5.56 Å². The summed E-state index contributed by atoms with van der Waals surface area (Å²) in [5, 5.41) is 5.95. The Morgan fingerprint density at radius 3 is 3.17 bits per heavy atom. The summed E-state index contributed by atoms with van der Waals surface area (Å²) in [7, 11) is 0. The summed E-state index contributed by atoms with van der Waals surface area (Å²) in [6, 6.07) is -0.285. The van der Waals surface area contributed by atoms with Crippen molar-refractivity contribution in [2.24, 2.45) is 0 Å². The molecular weight excluding hydrogens is 156 g/mol. The third-order valence-electron chi connectivity index (χ3n) is 1.29. The average molecular weight is 164 g/mol. The summed E-state index contributed by atoms with van der Waals surface area (Å²) in [6.45, 7) is 1.71. The predicted octanol–water partition coefficient (Wildman–Crippen LogP) is 0.426. The molecule has 0 saturated carbocycles. The van der Waals surface area contributed by atoms with E-state index < -0.39 is 0 Å². The van der Waals surface area contributed by atoms with Crippen LogP contribution in [0.4, 0.5) is 0 Å². The van der Waals surface area contributed by atoms with Gasteiger partial charge in [0.1, 0.15) is 6.26 Å². The van der Waals surface area contributed by atoms with Crippen LogP contribution in [0, 0.1) is 12.3 Å². The Bertz CT molecular complexity index is 297. The van der Waals surface area contributed by atoms with Gasteiger partial charge in [0.05, 0.1) is 17.8 Å². The maximum absolute atomic E-state index is 11.2. The monoisotopic (exact) mass is 164 g/mol. The zero-order chi connectivity index (χ0) is 8.97. The fourth-order valence-electron chi connectivity index (χ4n) is 0.639. The van der Waals surface area contributed by atoms with Gasteiger partial charge in [-0.25, -0.2) is 0 Å². The molecule has 0 aliphatic carbocycles. The van der Waals surface area contributed by atoms with Crippen LogP contribution < -0.4 is 5.32 Å². The largest absolute Gasteiger partial charge is 0.364 e. The van der Waals surface area contributed by atoms with Gasteiger partial charge in [0, 0.05) is 0 Å². The van der Waals surface area contributed by atoms with Crippen molar-refractivity contribution in [3.05, 3.63) is 18.0 Å². The Morgan fingerprint density at radius 1 is 1.92 bits per heavy atom. The molecule has 1 heterocycles. The minimum Gasteiger partial charge on any atom is -0.364 e. The SMILES string of the molecule is C#CC(C)NC(=O)c1cnoc1. The predicted molar refractivity (Wildman–Crippen MR) is 42.3 cm³/mol. The van der Waals surface area contributed by atoms with Crippen LogP contribution in [0.1, 0.15) is 17.3 Å². The molecule has 0 fully saturated rings. The van der Waals surface area contributed by atoms with Crippen LogP contribution in [0.3, 0.4) is 0 Å². The topological polar surface area (TPSA) is 55.1 Å². The molecule has 0 aliphatic heterocycles. The molecular formula is C8H8N2O2. The number of rotatable bonds is 2. The molecule has 4 heteroatoms. The number of hydrogen-bond donors (Lipinski definition) is 1. The van der Waals surface area contributed by atoms with Gasteiger partial charge in [0.25, 0.3) is 5.91 Å². The molecule has 1 unspecified atom stereocenters. The van der Waals surface area contributed by atoms with Crippen molar-refractivity contribution in [2.75, 3.05) is 0 Å². The number of aromatic nitrogens is 1. The molecule has 1 aromatic rings. The molecule has 0 spiro atoms. The Hall–Kier alpha value is -1.76. The van der Waals surface area contributed by atoms with E-state index in [1.807, 2.05) is 0 Å². The lowest BCUT2D eigenvalue weighted by atomic mass is 10.3. The molecule has 1 N–H and O–H groups in total. The molecule has 0 aromatic carbocycles. The molecule has 1 aromatic heterocycles. The van der Waals surface area contributed by atoms with Gasteiger partial charge in [-0.1, -0.05) is 11.1 Å². The zero-order valence-electron chi connectivity index (χ0n) is 6.57. The van der Waals surface area contributed by atoms with E-state index in [4.69, 9.17) is 6.42 Å². The van der Waals surface area contributed by atoms with Crippen molar-refractivity contribution in [1.82, 2.24) is 10.5 Å². The van der Waals surface area contributed by atoms with Crippen LogP contribution in [0.25, 0.3) is 0 Å². The van der Waals surface area contributed by atoms with Gasteiger partial charge in [0.2, 0.25) is 0 Å². The summed E-state index contributed by atoms with van der Waals surface area (Å²) in [6.07, 6.45) is 7.66. The van der Waals surface area contributed by atoms with E-state index in [1.165, 1.54) is 12.5 Å². The fourth-order valence-corrected chi connectivity index (χ4v) is 0.639. The number of terminal acetylenes is 1. The Labute approximate surface area is 69.9 Å². The van der Waals surface area contributed by atoms with E-state index in [-0.39, 0.29) is 11.9 Å². The molecule has 1 rings (SSSR count). The van der Waals surface area contributed by atoms with Crippen LogP contribution in [0.2, 0.25) is 0 Å². The first-order valence-electron chi connectivity index (χ1n) is 3.40. The summed E-state index contributed by atoms with van der Waals surface area (Å²) < 4.78 is 4.49. The Morgan fingerprint density at radius 2 is 2.67 bits per heavy atom. The molecule has 62 valence electrons. The van der Waals surface area contributed by atoms with Crippen LogP contribution in [-0.4, -0.2) is 17.1 Å². The number of nitrogens with zero attached hydrogens (tertiary/aromatic N) is 1. The van der Waals surface area contributed by atoms with Gasteiger partial charge >= 0.3 is 0 Å². The van der Waals surface area contributed by atoms with Gasteiger partial charge in [-0.2, -0.15) is 0 Å². The van der Waals surface area contributed by atoms with E-state index >= 15 is 0 Å².